The van der Waals surface area contributed by atoms with E-state index in [9.17, 15) is 0 Å². The molecular formula is C12H19NO2. The van der Waals surface area contributed by atoms with Crippen LogP contribution in [0.3, 0.4) is 0 Å². The smallest absolute Gasteiger partial charge is 0.142 e. The summed E-state index contributed by atoms with van der Waals surface area (Å²) >= 11 is 0. The predicted molar refractivity (Wildman–Crippen MR) is 62.2 cm³/mol. The highest BCUT2D eigenvalue weighted by Gasteiger charge is 1.99. The molecule has 1 rings (SSSR count). The zero-order valence-corrected chi connectivity index (χ0v) is 9.45. The number of hydrogen-bond donors (Lipinski definition) is 1. The number of nitrogen functional groups attached to an aromatic ring is 1. The van der Waals surface area contributed by atoms with E-state index in [0.717, 1.165) is 24.3 Å². The van der Waals surface area contributed by atoms with Crippen LogP contribution in [0, 0.1) is 6.92 Å². The van der Waals surface area contributed by atoms with Crippen molar-refractivity contribution in [1.82, 2.24) is 0 Å². The molecule has 0 aliphatic rings. The van der Waals surface area contributed by atoms with E-state index in [4.69, 9.17) is 15.2 Å². The van der Waals surface area contributed by atoms with Crippen LogP contribution in [0.25, 0.3) is 0 Å². The summed E-state index contributed by atoms with van der Waals surface area (Å²) in [6.45, 7) is 6.03. The molecule has 0 aromatic heterocycles. The van der Waals surface area contributed by atoms with Crippen molar-refractivity contribution < 1.29 is 9.47 Å². The maximum atomic E-state index is 5.80. The summed E-state index contributed by atoms with van der Waals surface area (Å²) in [5.74, 6) is 0.737. The predicted octanol–water partition coefficient (Wildman–Crippen LogP) is 2.38. The molecule has 0 unspecified atom stereocenters. The standard InChI is InChI=1S/C12H19NO2/c1-3-6-14-7-8-15-12-5-4-10(2)9-11(12)13/h4-5,9H,3,6-8,13H2,1-2H3. The second-order valence-corrected chi connectivity index (χ2v) is 3.50. The van der Waals surface area contributed by atoms with Gasteiger partial charge in [0.15, 0.2) is 0 Å². The van der Waals surface area contributed by atoms with Gasteiger partial charge in [0.2, 0.25) is 0 Å². The monoisotopic (exact) mass is 209 g/mol. The molecule has 1 aromatic rings. The third kappa shape index (κ3) is 4.21. The van der Waals surface area contributed by atoms with E-state index in [0.29, 0.717) is 18.9 Å². The van der Waals surface area contributed by atoms with Crippen molar-refractivity contribution >= 4 is 5.69 Å². The lowest BCUT2D eigenvalue weighted by Crippen LogP contribution is -2.08. The highest BCUT2D eigenvalue weighted by atomic mass is 16.5. The molecule has 0 fully saturated rings. The SMILES string of the molecule is CCCOCCOc1ccc(C)cc1N. The second kappa shape index (κ2) is 6.30. The first-order valence-corrected chi connectivity index (χ1v) is 5.30. The Labute approximate surface area is 91.2 Å². The number of hydrogen-bond acceptors (Lipinski definition) is 3. The van der Waals surface area contributed by atoms with E-state index in [1.54, 1.807) is 0 Å². The van der Waals surface area contributed by atoms with Crippen LogP contribution in [0.4, 0.5) is 5.69 Å². The van der Waals surface area contributed by atoms with Crippen molar-refractivity contribution in [3.8, 4) is 5.75 Å². The van der Waals surface area contributed by atoms with Gasteiger partial charge < -0.3 is 15.2 Å². The third-order valence-electron chi connectivity index (χ3n) is 2.00. The van der Waals surface area contributed by atoms with Gasteiger partial charge in [0, 0.05) is 6.61 Å². The van der Waals surface area contributed by atoms with Crippen LogP contribution in [-0.4, -0.2) is 19.8 Å². The van der Waals surface area contributed by atoms with Crippen molar-refractivity contribution in [3.05, 3.63) is 23.8 Å². The van der Waals surface area contributed by atoms with Crippen LogP contribution in [0.5, 0.6) is 5.75 Å². The Morgan fingerprint density at radius 1 is 1.20 bits per heavy atom. The Hall–Kier alpha value is -1.22. The summed E-state index contributed by atoms with van der Waals surface area (Å²) in [4.78, 5) is 0. The fourth-order valence-corrected chi connectivity index (χ4v) is 1.26. The molecule has 0 aliphatic heterocycles. The molecule has 3 heteroatoms. The lowest BCUT2D eigenvalue weighted by Gasteiger charge is -2.09. The topological polar surface area (TPSA) is 44.5 Å². The Morgan fingerprint density at radius 3 is 2.67 bits per heavy atom. The Morgan fingerprint density at radius 2 is 2.00 bits per heavy atom. The number of rotatable bonds is 6. The zero-order chi connectivity index (χ0) is 11.1. The molecule has 0 saturated carbocycles. The average Bonchev–Trinajstić information content (AvgIpc) is 2.20. The van der Waals surface area contributed by atoms with Gasteiger partial charge in [-0.2, -0.15) is 0 Å². The molecule has 0 radical (unpaired) electrons. The van der Waals surface area contributed by atoms with E-state index in [2.05, 4.69) is 6.92 Å². The second-order valence-electron chi connectivity index (χ2n) is 3.50. The van der Waals surface area contributed by atoms with Gasteiger partial charge >= 0.3 is 0 Å². The summed E-state index contributed by atoms with van der Waals surface area (Å²) < 4.78 is 10.8. The van der Waals surface area contributed by atoms with E-state index in [1.165, 1.54) is 0 Å². The maximum Gasteiger partial charge on any atom is 0.142 e. The zero-order valence-electron chi connectivity index (χ0n) is 9.45. The molecule has 0 heterocycles. The van der Waals surface area contributed by atoms with Crippen molar-refractivity contribution in [3.63, 3.8) is 0 Å². The summed E-state index contributed by atoms with van der Waals surface area (Å²) in [7, 11) is 0. The van der Waals surface area contributed by atoms with E-state index in [1.807, 2.05) is 25.1 Å². The molecule has 15 heavy (non-hydrogen) atoms. The first kappa shape index (κ1) is 11.9. The highest BCUT2D eigenvalue weighted by Crippen LogP contribution is 2.21. The van der Waals surface area contributed by atoms with Gasteiger partial charge in [0.25, 0.3) is 0 Å². The number of benzene rings is 1. The molecule has 84 valence electrons. The molecule has 3 nitrogen and oxygen atoms in total. The van der Waals surface area contributed by atoms with Gasteiger partial charge in [-0.15, -0.1) is 0 Å². The molecule has 0 spiro atoms. The molecule has 0 amide bonds. The van der Waals surface area contributed by atoms with Gasteiger partial charge in [-0.3, -0.25) is 0 Å². The lowest BCUT2D eigenvalue weighted by atomic mass is 10.2. The number of nitrogens with two attached hydrogens (primary N) is 1. The molecule has 0 saturated heterocycles. The van der Waals surface area contributed by atoms with Crippen LogP contribution in [0.2, 0.25) is 0 Å². The molecule has 0 atom stereocenters. The van der Waals surface area contributed by atoms with E-state index < -0.39 is 0 Å². The van der Waals surface area contributed by atoms with Crippen LogP contribution in [0.1, 0.15) is 18.9 Å². The fourth-order valence-electron chi connectivity index (χ4n) is 1.26. The Bertz CT molecular complexity index is 300. The van der Waals surface area contributed by atoms with Gasteiger partial charge in [0.05, 0.1) is 12.3 Å². The first-order chi connectivity index (χ1) is 7.24. The van der Waals surface area contributed by atoms with Crippen LogP contribution < -0.4 is 10.5 Å². The van der Waals surface area contributed by atoms with Gasteiger partial charge in [-0.25, -0.2) is 0 Å². The Balaban J connectivity index is 2.31. The minimum atomic E-state index is 0.549. The van der Waals surface area contributed by atoms with E-state index in [-0.39, 0.29) is 0 Å². The van der Waals surface area contributed by atoms with Crippen molar-refractivity contribution in [1.29, 1.82) is 0 Å². The minimum Gasteiger partial charge on any atom is -0.489 e. The van der Waals surface area contributed by atoms with Gasteiger partial charge in [-0.05, 0) is 31.0 Å². The normalized spacial score (nSPS) is 10.3. The number of ether oxygens (including phenoxy) is 2. The maximum absolute atomic E-state index is 5.80. The molecule has 0 aliphatic carbocycles. The molecule has 1 aromatic carbocycles. The van der Waals surface area contributed by atoms with Crippen molar-refractivity contribution in [2.45, 2.75) is 20.3 Å². The number of aryl methyl sites for hydroxylation is 1. The Kier molecular flexibility index (Phi) is 4.98. The fraction of sp³-hybridized carbons (Fsp3) is 0.500. The molecule has 0 bridgehead atoms. The third-order valence-corrected chi connectivity index (χ3v) is 2.00. The van der Waals surface area contributed by atoms with Crippen LogP contribution >= 0.6 is 0 Å². The highest BCUT2D eigenvalue weighted by molar-refractivity contribution is 5.53. The number of anilines is 1. The largest absolute Gasteiger partial charge is 0.489 e. The van der Waals surface area contributed by atoms with Gasteiger partial charge in [0.1, 0.15) is 12.4 Å². The summed E-state index contributed by atoms with van der Waals surface area (Å²) in [5.41, 5.74) is 7.62. The van der Waals surface area contributed by atoms with Gasteiger partial charge in [-0.1, -0.05) is 13.0 Å². The summed E-state index contributed by atoms with van der Waals surface area (Å²) in [6.07, 6.45) is 1.03. The lowest BCUT2D eigenvalue weighted by molar-refractivity contribution is 0.101. The van der Waals surface area contributed by atoms with Crippen molar-refractivity contribution in [2.24, 2.45) is 0 Å². The first-order valence-electron chi connectivity index (χ1n) is 5.30. The van der Waals surface area contributed by atoms with Crippen LogP contribution in [0.15, 0.2) is 18.2 Å². The van der Waals surface area contributed by atoms with Crippen LogP contribution in [-0.2, 0) is 4.74 Å². The minimum absolute atomic E-state index is 0.549. The summed E-state index contributed by atoms with van der Waals surface area (Å²) in [6, 6.07) is 5.78. The average molecular weight is 209 g/mol. The molecule has 2 N–H and O–H groups in total. The summed E-state index contributed by atoms with van der Waals surface area (Å²) in [5, 5.41) is 0. The van der Waals surface area contributed by atoms with E-state index >= 15 is 0 Å². The van der Waals surface area contributed by atoms with Crippen molar-refractivity contribution in [2.75, 3.05) is 25.6 Å². The molecular weight excluding hydrogens is 190 g/mol. The quantitative estimate of drug-likeness (QED) is 0.578.